The minimum atomic E-state index is -0.282. The van der Waals surface area contributed by atoms with E-state index in [1.54, 1.807) is 0 Å². The zero-order valence-electron chi connectivity index (χ0n) is 17.0. The van der Waals surface area contributed by atoms with Gasteiger partial charge >= 0.3 is 0 Å². The molecule has 0 unspecified atom stereocenters. The molecule has 3 aromatic rings. The molecule has 0 spiro atoms. The van der Waals surface area contributed by atoms with Crippen molar-refractivity contribution in [1.82, 2.24) is 9.88 Å². The molecule has 1 saturated heterocycles. The lowest BCUT2D eigenvalue weighted by Gasteiger charge is -2.36. The third kappa shape index (κ3) is 4.74. The van der Waals surface area contributed by atoms with Crippen LogP contribution in [-0.2, 0) is 4.79 Å². The van der Waals surface area contributed by atoms with Crippen LogP contribution in [0.2, 0.25) is 0 Å². The van der Waals surface area contributed by atoms with Gasteiger partial charge in [0.2, 0.25) is 5.91 Å². The number of benzene rings is 2. The SMILES string of the molecule is Cc1ccc(-c2csc(NC(=O)[C@@H](c3ccccc3)N3CCC(C)CC3)n2)cc1. The maximum Gasteiger partial charge on any atom is 0.248 e. The standard InChI is InChI=1S/C24H27N3OS/c1-17-8-10-19(11-9-17)21-16-29-24(25-21)26-23(28)22(20-6-4-3-5-7-20)27-14-12-18(2)13-15-27/h3-11,16,18,22H,12-15H2,1-2H3,(H,25,26,28)/t22-/m1/s1. The van der Waals surface area contributed by atoms with Crippen molar-refractivity contribution in [2.45, 2.75) is 32.7 Å². The van der Waals surface area contributed by atoms with Gasteiger partial charge in [-0.3, -0.25) is 9.69 Å². The summed E-state index contributed by atoms with van der Waals surface area (Å²) in [5.74, 6) is 0.720. The Balaban J connectivity index is 1.53. The molecule has 5 heteroatoms. The van der Waals surface area contributed by atoms with E-state index in [1.165, 1.54) is 16.9 Å². The smallest absolute Gasteiger partial charge is 0.248 e. The predicted octanol–water partition coefficient (Wildman–Crippen LogP) is 5.53. The van der Waals surface area contributed by atoms with E-state index in [1.807, 2.05) is 35.7 Å². The molecule has 0 bridgehead atoms. The number of nitrogens with zero attached hydrogens (tertiary/aromatic N) is 2. The Morgan fingerprint density at radius 1 is 1.10 bits per heavy atom. The number of nitrogens with one attached hydrogen (secondary N) is 1. The van der Waals surface area contributed by atoms with Gasteiger partial charge in [0.15, 0.2) is 5.13 Å². The Hall–Kier alpha value is -2.50. The summed E-state index contributed by atoms with van der Waals surface area (Å²) in [5.41, 5.74) is 4.22. The summed E-state index contributed by atoms with van der Waals surface area (Å²) in [6.45, 7) is 6.25. The molecule has 1 amide bonds. The number of aryl methyl sites for hydroxylation is 1. The third-order valence-corrected chi connectivity index (χ3v) is 6.39. The van der Waals surface area contributed by atoms with Crippen molar-refractivity contribution in [2.24, 2.45) is 5.92 Å². The second kappa shape index (κ2) is 8.89. The van der Waals surface area contributed by atoms with Crippen LogP contribution >= 0.6 is 11.3 Å². The number of piperidine rings is 1. The van der Waals surface area contributed by atoms with E-state index in [2.05, 4.69) is 53.3 Å². The second-order valence-corrected chi connectivity index (χ2v) is 8.78. The topological polar surface area (TPSA) is 45.2 Å². The van der Waals surface area contributed by atoms with Crippen molar-refractivity contribution < 1.29 is 4.79 Å². The lowest BCUT2D eigenvalue weighted by molar-refractivity contribution is -0.122. The molecule has 1 atom stereocenters. The van der Waals surface area contributed by atoms with Crippen molar-refractivity contribution in [3.8, 4) is 11.3 Å². The average molecular weight is 406 g/mol. The van der Waals surface area contributed by atoms with E-state index >= 15 is 0 Å². The normalized spacial score (nSPS) is 16.5. The Morgan fingerprint density at radius 2 is 1.79 bits per heavy atom. The van der Waals surface area contributed by atoms with Crippen molar-refractivity contribution >= 4 is 22.4 Å². The van der Waals surface area contributed by atoms with Crippen LogP contribution in [0.4, 0.5) is 5.13 Å². The Labute approximate surface area is 176 Å². The Bertz CT molecular complexity index is 944. The molecule has 0 saturated carbocycles. The number of amides is 1. The van der Waals surface area contributed by atoms with Crippen molar-refractivity contribution in [3.63, 3.8) is 0 Å². The monoisotopic (exact) mass is 405 g/mol. The Morgan fingerprint density at radius 3 is 2.48 bits per heavy atom. The highest BCUT2D eigenvalue weighted by molar-refractivity contribution is 7.14. The van der Waals surface area contributed by atoms with Gasteiger partial charge in [-0.25, -0.2) is 4.98 Å². The van der Waals surface area contributed by atoms with E-state index < -0.39 is 0 Å². The first-order valence-electron chi connectivity index (χ1n) is 10.2. The van der Waals surface area contributed by atoms with Crippen molar-refractivity contribution in [3.05, 3.63) is 71.1 Å². The molecule has 1 N–H and O–H groups in total. The van der Waals surface area contributed by atoms with Gasteiger partial charge < -0.3 is 5.32 Å². The molecule has 0 aliphatic carbocycles. The molecule has 4 nitrogen and oxygen atoms in total. The summed E-state index contributed by atoms with van der Waals surface area (Å²) in [4.78, 5) is 20.3. The van der Waals surface area contributed by atoms with Gasteiger partial charge in [-0.2, -0.15) is 0 Å². The molecule has 29 heavy (non-hydrogen) atoms. The minimum Gasteiger partial charge on any atom is -0.300 e. The average Bonchev–Trinajstić information content (AvgIpc) is 3.19. The fourth-order valence-electron chi connectivity index (χ4n) is 3.81. The van der Waals surface area contributed by atoms with Crippen LogP contribution in [0.15, 0.2) is 60.0 Å². The van der Waals surface area contributed by atoms with Crippen LogP contribution < -0.4 is 5.32 Å². The maximum absolute atomic E-state index is 13.3. The largest absolute Gasteiger partial charge is 0.300 e. The summed E-state index contributed by atoms with van der Waals surface area (Å²) >= 11 is 1.47. The number of hydrogen-bond acceptors (Lipinski definition) is 4. The summed E-state index contributed by atoms with van der Waals surface area (Å²) in [6, 6.07) is 18.1. The highest BCUT2D eigenvalue weighted by Gasteiger charge is 2.30. The molecule has 1 fully saturated rings. The van der Waals surface area contributed by atoms with E-state index in [-0.39, 0.29) is 11.9 Å². The van der Waals surface area contributed by atoms with Gasteiger partial charge in [-0.05, 0) is 44.3 Å². The fourth-order valence-corrected chi connectivity index (χ4v) is 4.53. The van der Waals surface area contributed by atoms with Crippen LogP contribution in [-0.4, -0.2) is 28.9 Å². The number of likely N-dealkylation sites (tertiary alicyclic amines) is 1. The maximum atomic E-state index is 13.3. The number of aromatic nitrogens is 1. The van der Waals surface area contributed by atoms with Gasteiger partial charge in [0.05, 0.1) is 5.69 Å². The minimum absolute atomic E-state index is 0.00411. The lowest BCUT2D eigenvalue weighted by Crippen LogP contribution is -2.41. The number of rotatable bonds is 5. The molecular weight excluding hydrogens is 378 g/mol. The zero-order chi connectivity index (χ0) is 20.2. The van der Waals surface area contributed by atoms with Crippen LogP contribution in [0.5, 0.6) is 0 Å². The molecular formula is C24H27N3OS. The van der Waals surface area contributed by atoms with E-state index in [0.717, 1.165) is 48.7 Å². The van der Waals surface area contributed by atoms with Gasteiger partial charge in [0.1, 0.15) is 6.04 Å². The molecule has 2 heterocycles. The molecule has 2 aromatic carbocycles. The first-order valence-corrected chi connectivity index (χ1v) is 11.1. The predicted molar refractivity (Wildman–Crippen MR) is 120 cm³/mol. The summed E-state index contributed by atoms with van der Waals surface area (Å²) < 4.78 is 0. The molecule has 150 valence electrons. The van der Waals surface area contributed by atoms with Gasteiger partial charge in [0, 0.05) is 10.9 Å². The van der Waals surface area contributed by atoms with Crippen LogP contribution in [0.1, 0.15) is 36.9 Å². The van der Waals surface area contributed by atoms with E-state index in [0.29, 0.717) is 5.13 Å². The quantitative estimate of drug-likeness (QED) is 0.607. The highest BCUT2D eigenvalue weighted by atomic mass is 32.1. The van der Waals surface area contributed by atoms with E-state index in [9.17, 15) is 4.79 Å². The van der Waals surface area contributed by atoms with Crippen LogP contribution in [0.25, 0.3) is 11.3 Å². The van der Waals surface area contributed by atoms with Crippen LogP contribution in [0, 0.1) is 12.8 Å². The molecule has 0 radical (unpaired) electrons. The summed E-state index contributed by atoms with van der Waals surface area (Å²) in [7, 11) is 0. The summed E-state index contributed by atoms with van der Waals surface area (Å²) in [5, 5.41) is 5.73. The van der Waals surface area contributed by atoms with Crippen LogP contribution in [0.3, 0.4) is 0 Å². The molecule has 4 rings (SSSR count). The lowest BCUT2D eigenvalue weighted by atomic mass is 9.95. The van der Waals surface area contributed by atoms with E-state index in [4.69, 9.17) is 0 Å². The van der Waals surface area contributed by atoms with Crippen molar-refractivity contribution in [1.29, 1.82) is 0 Å². The highest BCUT2D eigenvalue weighted by Crippen LogP contribution is 2.30. The third-order valence-electron chi connectivity index (χ3n) is 5.63. The fraction of sp³-hybridized carbons (Fsp3) is 0.333. The Kier molecular flexibility index (Phi) is 6.07. The number of carbonyl (C=O) groups is 1. The molecule has 1 aliphatic rings. The van der Waals surface area contributed by atoms with Gasteiger partial charge in [-0.1, -0.05) is 67.1 Å². The van der Waals surface area contributed by atoms with Gasteiger partial charge in [-0.15, -0.1) is 11.3 Å². The first kappa shape index (κ1) is 19.8. The molecule has 1 aromatic heterocycles. The number of thiazole rings is 1. The molecule has 1 aliphatic heterocycles. The second-order valence-electron chi connectivity index (χ2n) is 7.92. The summed E-state index contributed by atoms with van der Waals surface area (Å²) in [6.07, 6.45) is 2.26. The number of anilines is 1. The van der Waals surface area contributed by atoms with Gasteiger partial charge in [0.25, 0.3) is 0 Å². The zero-order valence-corrected chi connectivity index (χ0v) is 17.8. The number of hydrogen-bond donors (Lipinski definition) is 1. The van der Waals surface area contributed by atoms with Crippen molar-refractivity contribution in [2.75, 3.05) is 18.4 Å². The first-order chi connectivity index (χ1) is 14.1. The number of carbonyl (C=O) groups excluding carboxylic acids is 1.